The highest BCUT2D eigenvalue weighted by molar-refractivity contribution is 6.00. The Hall–Kier alpha value is -3.46. The number of rotatable bonds is 6. The van der Waals surface area contributed by atoms with Gasteiger partial charge in [0.2, 0.25) is 11.8 Å². The summed E-state index contributed by atoms with van der Waals surface area (Å²) in [4.78, 5) is 40.4. The van der Waals surface area contributed by atoms with E-state index in [4.69, 9.17) is 9.47 Å². The average Bonchev–Trinajstić information content (AvgIpc) is 2.95. The van der Waals surface area contributed by atoms with Crippen molar-refractivity contribution in [2.24, 2.45) is 5.92 Å². The summed E-state index contributed by atoms with van der Waals surface area (Å²) >= 11 is 0. The van der Waals surface area contributed by atoms with Crippen LogP contribution in [0.2, 0.25) is 0 Å². The topological polar surface area (TPSA) is 97.0 Å². The Kier molecular flexibility index (Phi) is 8.45. The van der Waals surface area contributed by atoms with Crippen molar-refractivity contribution >= 4 is 23.4 Å². The molecule has 2 N–H and O–H groups in total. The summed E-state index contributed by atoms with van der Waals surface area (Å²) in [7, 11) is 1.76. The molecule has 39 heavy (non-hydrogen) atoms. The van der Waals surface area contributed by atoms with E-state index in [1.165, 1.54) is 12.5 Å². The van der Waals surface area contributed by atoms with E-state index in [2.05, 4.69) is 10.6 Å². The molecule has 5 rings (SSSR count). The Labute approximate surface area is 228 Å². The van der Waals surface area contributed by atoms with Crippen molar-refractivity contribution in [3.8, 4) is 5.75 Å². The number of nitrogens with one attached hydrogen (secondary N) is 2. The smallest absolute Gasteiger partial charge is 0.257 e. The Morgan fingerprint density at radius 1 is 1.05 bits per heavy atom. The lowest BCUT2D eigenvalue weighted by molar-refractivity contribution is -0.134. The minimum Gasteiger partial charge on any atom is -0.490 e. The third-order valence-corrected chi connectivity index (χ3v) is 8.10. The second-order valence-corrected chi connectivity index (χ2v) is 10.8. The zero-order chi connectivity index (χ0) is 27.4. The fraction of sp³-hybridized carbons (Fsp3) is 0.500. The molecule has 1 saturated carbocycles. The van der Waals surface area contributed by atoms with Gasteiger partial charge in [0.15, 0.2) is 0 Å². The van der Waals surface area contributed by atoms with Crippen LogP contribution in [0.5, 0.6) is 5.75 Å². The Balaban J connectivity index is 1.20. The number of benzene rings is 2. The Morgan fingerprint density at radius 2 is 1.85 bits per heavy atom. The maximum absolute atomic E-state index is 13.8. The van der Waals surface area contributed by atoms with Crippen molar-refractivity contribution < 1.29 is 28.2 Å². The molecule has 0 spiro atoms. The molecule has 0 radical (unpaired) electrons. The van der Waals surface area contributed by atoms with Gasteiger partial charge in [-0.25, -0.2) is 4.39 Å². The molecule has 1 aliphatic carbocycles. The van der Waals surface area contributed by atoms with Crippen LogP contribution in [0.1, 0.15) is 67.3 Å². The first kappa shape index (κ1) is 27.1. The van der Waals surface area contributed by atoms with Gasteiger partial charge in [-0.1, -0.05) is 37.5 Å². The summed E-state index contributed by atoms with van der Waals surface area (Å²) in [5, 5.41) is 5.75. The van der Waals surface area contributed by atoms with Crippen LogP contribution in [0.4, 0.5) is 10.1 Å². The number of anilines is 1. The van der Waals surface area contributed by atoms with Crippen molar-refractivity contribution in [2.75, 3.05) is 19.0 Å². The highest BCUT2D eigenvalue weighted by Gasteiger charge is 2.39. The summed E-state index contributed by atoms with van der Waals surface area (Å²) in [5.41, 5.74) is 1.43. The number of ether oxygens (including phenoxy) is 2. The predicted molar refractivity (Wildman–Crippen MR) is 144 cm³/mol. The number of amides is 3. The largest absolute Gasteiger partial charge is 0.490 e. The molecular formula is C30H36FN3O5. The van der Waals surface area contributed by atoms with Gasteiger partial charge < -0.3 is 25.0 Å². The SMILES string of the molecule is CN1C(=O)c2cc(NC(=O)C3CCCCC3)ccc2OC[C@H]2O[C@@H](CC(=O)NCc3ccccc3F)CC[C@H]21. The zero-order valence-corrected chi connectivity index (χ0v) is 22.3. The molecule has 3 aliphatic rings. The second kappa shape index (κ2) is 12.2. The van der Waals surface area contributed by atoms with Crippen molar-refractivity contribution in [1.29, 1.82) is 0 Å². The molecule has 2 fully saturated rings. The molecule has 0 unspecified atom stereocenters. The standard InChI is InChI=1S/C30H36FN3O5/c1-34-25-13-12-22(16-28(35)32-17-20-9-5-6-10-24(20)31)39-27(25)18-38-26-14-11-21(15-23(26)30(34)37)33-29(36)19-7-3-2-4-8-19/h5-6,9-11,14-15,19,22,25,27H,2-4,7-8,12-13,16-18H2,1H3,(H,32,35)(H,33,36)/t22-,25-,27-/m1/s1. The van der Waals surface area contributed by atoms with Gasteiger partial charge in [-0.15, -0.1) is 0 Å². The normalized spacial score (nSPS) is 23.5. The molecule has 8 nitrogen and oxygen atoms in total. The van der Waals surface area contributed by atoms with Crippen LogP contribution in [-0.4, -0.2) is 54.5 Å². The highest BCUT2D eigenvalue weighted by Crippen LogP contribution is 2.33. The van der Waals surface area contributed by atoms with E-state index in [9.17, 15) is 18.8 Å². The fourth-order valence-electron chi connectivity index (χ4n) is 5.83. The zero-order valence-electron chi connectivity index (χ0n) is 22.3. The van der Waals surface area contributed by atoms with Gasteiger partial charge in [-0.2, -0.15) is 0 Å². The van der Waals surface area contributed by atoms with Crippen LogP contribution in [0.15, 0.2) is 42.5 Å². The number of likely N-dealkylation sites (N-methyl/N-ethyl adjacent to an activating group) is 1. The summed E-state index contributed by atoms with van der Waals surface area (Å²) < 4.78 is 26.1. The number of nitrogens with zero attached hydrogens (tertiary/aromatic N) is 1. The fourth-order valence-corrected chi connectivity index (χ4v) is 5.83. The van der Waals surface area contributed by atoms with E-state index < -0.39 is 6.10 Å². The first-order chi connectivity index (χ1) is 18.9. The molecule has 9 heteroatoms. The van der Waals surface area contributed by atoms with Gasteiger partial charge in [-0.05, 0) is 49.9 Å². The van der Waals surface area contributed by atoms with Crippen molar-refractivity contribution in [2.45, 2.75) is 76.2 Å². The first-order valence-electron chi connectivity index (χ1n) is 13.9. The molecule has 208 valence electrons. The van der Waals surface area contributed by atoms with Crippen LogP contribution >= 0.6 is 0 Å². The molecule has 2 aromatic carbocycles. The molecule has 3 atom stereocenters. The number of hydrogen-bond acceptors (Lipinski definition) is 5. The summed E-state index contributed by atoms with van der Waals surface area (Å²) in [5.74, 6) is -0.302. The van der Waals surface area contributed by atoms with Crippen LogP contribution in [0, 0.1) is 11.7 Å². The minimum absolute atomic E-state index is 0.00643. The maximum atomic E-state index is 13.8. The monoisotopic (exact) mass is 537 g/mol. The van der Waals surface area contributed by atoms with Gasteiger partial charge in [0.25, 0.3) is 5.91 Å². The van der Waals surface area contributed by atoms with E-state index in [0.717, 1.165) is 25.7 Å². The molecular weight excluding hydrogens is 501 g/mol. The van der Waals surface area contributed by atoms with Crippen LogP contribution < -0.4 is 15.4 Å². The molecule has 2 heterocycles. The molecule has 1 saturated heterocycles. The van der Waals surface area contributed by atoms with Crippen LogP contribution in [0.25, 0.3) is 0 Å². The lowest BCUT2D eigenvalue weighted by atomic mass is 9.88. The Morgan fingerprint density at radius 3 is 2.64 bits per heavy atom. The minimum atomic E-state index is -0.393. The van der Waals surface area contributed by atoms with E-state index in [1.54, 1.807) is 48.3 Å². The first-order valence-corrected chi connectivity index (χ1v) is 13.9. The van der Waals surface area contributed by atoms with Gasteiger partial charge in [-0.3, -0.25) is 14.4 Å². The molecule has 2 aliphatic heterocycles. The van der Waals surface area contributed by atoms with Gasteiger partial charge in [0.1, 0.15) is 24.3 Å². The van der Waals surface area contributed by atoms with E-state index in [1.807, 2.05) is 0 Å². The summed E-state index contributed by atoms with van der Waals surface area (Å²) in [6.45, 7) is 0.348. The van der Waals surface area contributed by atoms with E-state index >= 15 is 0 Å². The quantitative estimate of drug-likeness (QED) is 0.568. The maximum Gasteiger partial charge on any atom is 0.257 e. The van der Waals surface area contributed by atoms with Crippen molar-refractivity contribution in [3.63, 3.8) is 0 Å². The predicted octanol–water partition coefficient (Wildman–Crippen LogP) is 4.43. The van der Waals surface area contributed by atoms with Crippen molar-refractivity contribution in [1.82, 2.24) is 10.2 Å². The van der Waals surface area contributed by atoms with Crippen molar-refractivity contribution in [3.05, 3.63) is 59.4 Å². The van der Waals surface area contributed by atoms with E-state index in [-0.39, 0.29) is 61.2 Å². The number of halogens is 1. The average molecular weight is 538 g/mol. The van der Waals surface area contributed by atoms with Crippen LogP contribution in [-0.2, 0) is 20.9 Å². The molecule has 0 aromatic heterocycles. The Bertz CT molecular complexity index is 1210. The number of hydrogen-bond donors (Lipinski definition) is 2. The third-order valence-electron chi connectivity index (χ3n) is 8.10. The molecule has 2 aromatic rings. The van der Waals surface area contributed by atoms with Gasteiger partial charge >= 0.3 is 0 Å². The molecule has 3 amide bonds. The highest BCUT2D eigenvalue weighted by atomic mass is 19.1. The van der Waals surface area contributed by atoms with Crippen LogP contribution in [0.3, 0.4) is 0 Å². The summed E-state index contributed by atoms with van der Waals surface area (Å²) in [6, 6.07) is 11.3. The lowest BCUT2D eigenvalue weighted by Gasteiger charge is -2.42. The summed E-state index contributed by atoms with van der Waals surface area (Å²) in [6.07, 6.45) is 5.83. The second-order valence-electron chi connectivity index (χ2n) is 10.8. The van der Waals surface area contributed by atoms with E-state index in [0.29, 0.717) is 35.4 Å². The van der Waals surface area contributed by atoms with Gasteiger partial charge in [0, 0.05) is 30.8 Å². The van der Waals surface area contributed by atoms with Gasteiger partial charge in [0.05, 0.1) is 24.1 Å². The lowest BCUT2D eigenvalue weighted by Crippen LogP contribution is -2.53. The number of carbonyl (C=O) groups excluding carboxylic acids is 3. The number of carbonyl (C=O) groups is 3. The third kappa shape index (κ3) is 6.41. The molecule has 0 bridgehead atoms. The number of fused-ring (bicyclic) bond motifs is 2.